The largest absolute Gasteiger partial charge is 0.371 e. The van der Waals surface area contributed by atoms with Crippen molar-refractivity contribution in [3.8, 4) is 0 Å². The lowest BCUT2D eigenvalue weighted by molar-refractivity contribution is 0.552. The number of nitrogens with zero attached hydrogens (tertiary/aromatic N) is 1. The van der Waals surface area contributed by atoms with Crippen molar-refractivity contribution in [3.63, 3.8) is 0 Å². The highest BCUT2D eigenvalue weighted by Crippen LogP contribution is 2.31. The molecule has 2 nitrogen and oxygen atoms in total. The molecule has 0 aromatic heterocycles. The normalized spacial score (nSPS) is 19.4. The van der Waals surface area contributed by atoms with Gasteiger partial charge in [-0.3, -0.25) is 0 Å². The van der Waals surface area contributed by atoms with Crippen LogP contribution in [0.25, 0.3) is 0 Å². The van der Waals surface area contributed by atoms with Gasteiger partial charge in [0, 0.05) is 35.9 Å². The number of hydrogen-bond donors (Lipinski definition) is 1. The summed E-state index contributed by atoms with van der Waals surface area (Å²) in [6.45, 7) is 11.0. The van der Waals surface area contributed by atoms with Crippen LogP contribution in [-0.2, 0) is 6.54 Å². The Bertz CT molecular complexity index is 417. The lowest BCUT2D eigenvalue weighted by atomic mass is 10.1. The van der Waals surface area contributed by atoms with Crippen molar-refractivity contribution in [2.45, 2.75) is 33.7 Å². The second-order valence-electron chi connectivity index (χ2n) is 6.10. The molecule has 1 aliphatic rings. The van der Waals surface area contributed by atoms with Crippen LogP contribution in [0, 0.1) is 11.8 Å². The molecular formula is C16H25ClN2. The van der Waals surface area contributed by atoms with E-state index in [4.69, 9.17) is 11.6 Å². The summed E-state index contributed by atoms with van der Waals surface area (Å²) in [4.78, 5) is 2.48. The Balaban J connectivity index is 2.11. The third kappa shape index (κ3) is 3.87. The molecule has 3 heteroatoms. The molecule has 2 rings (SSSR count). The van der Waals surface area contributed by atoms with Crippen molar-refractivity contribution in [2.24, 2.45) is 11.8 Å². The molecule has 0 radical (unpaired) electrons. The summed E-state index contributed by atoms with van der Waals surface area (Å²) in [6, 6.07) is 6.26. The number of anilines is 1. The molecule has 0 amide bonds. The Morgan fingerprint density at radius 3 is 2.84 bits per heavy atom. The van der Waals surface area contributed by atoms with E-state index in [1.807, 2.05) is 6.07 Å². The lowest BCUT2D eigenvalue weighted by Gasteiger charge is -2.23. The van der Waals surface area contributed by atoms with Crippen molar-refractivity contribution in [1.29, 1.82) is 0 Å². The van der Waals surface area contributed by atoms with E-state index in [0.29, 0.717) is 5.92 Å². The highest BCUT2D eigenvalue weighted by atomic mass is 35.5. The van der Waals surface area contributed by atoms with Crippen LogP contribution in [0.5, 0.6) is 0 Å². The number of nitrogens with one attached hydrogen (secondary N) is 1. The summed E-state index contributed by atoms with van der Waals surface area (Å²) < 4.78 is 0. The van der Waals surface area contributed by atoms with Crippen LogP contribution in [-0.4, -0.2) is 19.6 Å². The first-order chi connectivity index (χ1) is 9.08. The summed E-state index contributed by atoms with van der Waals surface area (Å²) in [5, 5.41) is 4.39. The van der Waals surface area contributed by atoms with Gasteiger partial charge in [-0.1, -0.05) is 38.4 Å². The van der Waals surface area contributed by atoms with E-state index in [-0.39, 0.29) is 0 Å². The van der Waals surface area contributed by atoms with Gasteiger partial charge < -0.3 is 10.2 Å². The van der Waals surface area contributed by atoms with E-state index >= 15 is 0 Å². The maximum absolute atomic E-state index is 6.39. The van der Waals surface area contributed by atoms with E-state index in [9.17, 15) is 0 Å². The first-order valence-corrected chi connectivity index (χ1v) is 7.68. The fourth-order valence-electron chi connectivity index (χ4n) is 2.66. The minimum Gasteiger partial charge on any atom is -0.371 e. The zero-order valence-corrected chi connectivity index (χ0v) is 13.0. The third-order valence-electron chi connectivity index (χ3n) is 3.71. The topological polar surface area (TPSA) is 15.3 Å². The summed E-state index contributed by atoms with van der Waals surface area (Å²) in [7, 11) is 0. The van der Waals surface area contributed by atoms with Crippen molar-refractivity contribution in [1.82, 2.24) is 5.32 Å². The van der Waals surface area contributed by atoms with Crippen LogP contribution in [0.15, 0.2) is 18.2 Å². The Labute approximate surface area is 122 Å². The summed E-state index contributed by atoms with van der Waals surface area (Å²) in [5.74, 6) is 1.45. The quantitative estimate of drug-likeness (QED) is 0.879. The molecule has 0 saturated carbocycles. The van der Waals surface area contributed by atoms with E-state index in [0.717, 1.165) is 37.1 Å². The fraction of sp³-hybridized carbons (Fsp3) is 0.625. The number of halogens is 1. The molecule has 1 aromatic carbocycles. The maximum Gasteiger partial charge on any atom is 0.0471 e. The standard InChI is InChI=1S/C16H25ClN2/c1-12(2)9-18-10-14-15(17)5-4-6-16(14)19-8-7-13(3)11-19/h4-6,12-13,18H,7-11H2,1-3H3. The Morgan fingerprint density at radius 2 is 2.21 bits per heavy atom. The van der Waals surface area contributed by atoms with Gasteiger partial charge in [0.15, 0.2) is 0 Å². The van der Waals surface area contributed by atoms with Crippen molar-refractivity contribution < 1.29 is 0 Å². The molecular weight excluding hydrogens is 256 g/mol. The average Bonchev–Trinajstić information content (AvgIpc) is 2.77. The van der Waals surface area contributed by atoms with Crippen LogP contribution >= 0.6 is 11.6 Å². The van der Waals surface area contributed by atoms with Crippen molar-refractivity contribution in [2.75, 3.05) is 24.5 Å². The monoisotopic (exact) mass is 280 g/mol. The molecule has 0 aliphatic carbocycles. The molecule has 1 fully saturated rings. The van der Waals surface area contributed by atoms with Crippen LogP contribution < -0.4 is 10.2 Å². The molecule has 1 unspecified atom stereocenters. The van der Waals surface area contributed by atoms with E-state index in [2.05, 4.69) is 43.1 Å². The van der Waals surface area contributed by atoms with Crippen LogP contribution in [0.2, 0.25) is 5.02 Å². The van der Waals surface area contributed by atoms with Crippen molar-refractivity contribution in [3.05, 3.63) is 28.8 Å². The minimum atomic E-state index is 0.665. The van der Waals surface area contributed by atoms with Gasteiger partial charge in [0.05, 0.1) is 0 Å². The Morgan fingerprint density at radius 1 is 1.42 bits per heavy atom. The van der Waals surface area contributed by atoms with E-state index in [1.165, 1.54) is 17.7 Å². The van der Waals surface area contributed by atoms with Crippen molar-refractivity contribution >= 4 is 17.3 Å². The molecule has 1 heterocycles. The first-order valence-electron chi connectivity index (χ1n) is 7.31. The zero-order valence-electron chi connectivity index (χ0n) is 12.2. The zero-order chi connectivity index (χ0) is 13.8. The predicted octanol–water partition coefficient (Wildman–Crippen LogP) is 3.93. The molecule has 0 spiro atoms. The molecule has 19 heavy (non-hydrogen) atoms. The van der Waals surface area contributed by atoms with Gasteiger partial charge in [-0.2, -0.15) is 0 Å². The molecule has 1 saturated heterocycles. The highest BCUT2D eigenvalue weighted by Gasteiger charge is 2.21. The van der Waals surface area contributed by atoms with Gasteiger partial charge in [0.2, 0.25) is 0 Å². The molecule has 1 aromatic rings. The van der Waals surface area contributed by atoms with Crippen LogP contribution in [0.4, 0.5) is 5.69 Å². The predicted molar refractivity (Wildman–Crippen MR) is 84.0 cm³/mol. The molecule has 1 aliphatic heterocycles. The van der Waals surface area contributed by atoms with E-state index in [1.54, 1.807) is 0 Å². The van der Waals surface area contributed by atoms with Gasteiger partial charge in [0.25, 0.3) is 0 Å². The maximum atomic E-state index is 6.39. The lowest BCUT2D eigenvalue weighted by Crippen LogP contribution is -2.24. The van der Waals surface area contributed by atoms with Gasteiger partial charge in [-0.05, 0) is 36.9 Å². The fourth-order valence-corrected chi connectivity index (χ4v) is 2.89. The molecule has 106 valence electrons. The number of hydrogen-bond acceptors (Lipinski definition) is 2. The van der Waals surface area contributed by atoms with Crippen LogP contribution in [0.1, 0.15) is 32.8 Å². The second kappa shape index (κ2) is 6.62. The third-order valence-corrected chi connectivity index (χ3v) is 4.07. The minimum absolute atomic E-state index is 0.665. The average molecular weight is 281 g/mol. The summed E-state index contributed by atoms with van der Waals surface area (Å²) in [5.41, 5.74) is 2.56. The van der Waals surface area contributed by atoms with E-state index < -0.39 is 0 Å². The molecule has 0 bridgehead atoms. The van der Waals surface area contributed by atoms with Crippen LogP contribution in [0.3, 0.4) is 0 Å². The SMILES string of the molecule is CC(C)CNCc1c(Cl)cccc1N1CCC(C)C1. The summed E-state index contributed by atoms with van der Waals surface area (Å²) in [6.07, 6.45) is 1.28. The second-order valence-corrected chi connectivity index (χ2v) is 6.51. The van der Waals surface area contributed by atoms with Gasteiger partial charge in [-0.25, -0.2) is 0 Å². The Hall–Kier alpha value is -0.730. The smallest absolute Gasteiger partial charge is 0.0471 e. The van der Waals surface area contributed by atoms with Gasteiger partial charge in [0.1, 0.15) is 0 Å². The molecule has 1 atom stereocenters. The Kier molecular flexibility index (Phi) is 5.12. The highest BCUT2D eigenvalue weighted by molar-refractivity contribution is 6.31. The number of rotatable bonds is 5. The molecule has 1 N–H and O–H groups in total. The van der Waals surface area contributed by atoms with Gasteiger partial charge >= 0.3 is 0 Å². The summed E-state index contributed by atoms with van der Waals surface area (Å²) >= 11 is 6.39. The van der Waals surface area contributed by atoms with Gasteiger partial charge in [-0.15, -0.1) is 0 Å². The first kappa shape index (κ1) is 14.7. The number of benzene rings is 1.